The van der Waals surface area contributed by atoms with Crippen LogP contribution in [0.25, 0.3) is 16.9 Å². The minimum Gasteiger partial charge on any atom is -0.270 e. The van der Waals surface area contributed by atoms with Crippen LogP contribution in [0.3, 0.4) is 0 Å². The molecule has 4 aromatic rings. The molecule has 1 aliphatic rings. The maximum atomic E-state index is 12.6. The summed E-state index contributed by atoms with van der Waals surface area (Å²) in [6.45, 7) is 4.04. The second-order valence-corrected chi connectivity index (χ2v) is 9.46. The summed E-state index contributed by atoms with van der Waals surface area (Å²) < 4.78 is 3.68. The van der Waals surface area contributed by atoms with E-state index in [1.165, 1.54) is 17.3 Å². The molecule has 0 aliphatic carbocycles. The first-order chi connectivity index (χ1) is 15.6. The Morgan fingerprint density at radius 2 is 2.00 bits per heavy atom. The second kappa shape index (κ2) is 8.80. The molecule has 8 heteroatoms. The zero-order valence-corrected chi connectivity index (χ0v) is 19.4. The van der Waals surface area contributed by atoms with Crippen LogP contribution < -0.4 is 5.56 Å². The van der Waals surface area contributed by atoms with Crippen molar-refractivity contribution in [1.82, 2.24) is 24.1 Å². The van der Waals surface area contributed by atoms with Gasteiger partial charge < -0.3 is 0 Å². The largest absolute Gasteiger partial charge is 0.270 e. The van der Waals surface area contributed by atoms with Gasteiger partial charge in [-0.1, -0.05) is 42.1 Å². The lowest BCUT2D eigenvalue weighted by molar-refractivity contribution is 0.876. The number of rotatable bonds is 5. The Hall–Kier alpha value is -3.10. The normalized spacial score (nSPS) is 13.5. The molecule has 0 spiro atoms. The number of nitrogens with zero attached hydrogens (tertiary/aromatic N) is 5. The highest BCUT2D eigenvalue weighted by atomic mass is 32.2. The van der Waals surface area contributed by atoms with Crippen molar-refractivity contribution in [3.63, 3.8) is 0 Å². The standard InChI is InChI=1S/C24H21N5OS2/c1-16-5-3-7-20(11-16)29-23(18-6-4-10-31-14-18)26-27-24(29)32-15-19-12-22(30)28-13-17(2)8-9-21(28)25-19/h3-13H,14-15H2,1-2H3. The lowest BCUT2D eigenvalue weighted by Gasteiger charge is -2.13. The van der Waals surface area contributed by atoms with Crippen LogP contribution in [0.4, 0.5) is 0 Å². The molecular weight excluding hydrogens is 438 g/mol. The number of fused-ring (bicyclic) bond motifs is 1. The van der Waals surface area contributed by atoms with E-state index in [1.54, 1.807) is 22.2 Å². The zero-order valence-electron chi connectivity index (χ0n) is 17.7. The average molecular weight is 460 g/mol. The fourth-order valence-electron chi connectivity index (χ4n) is 3.58. The summed E-state index contributed by atoms with van der Waals surface area (Å²) in [6, 6.07) is 13.8. The summed E-state index contributed by atoms with van der Waals surface area (Å²) in [6.07, 6.45) is 5.95. The molecule has 1 aromatic carbocycles. The summed E-state index contributed by atoms with van der Waals surface area (Å²) in [4.78, 5) is 17.2. The zero-order chi connectivity index (χ0) is 22.1. The highest BCUT2D eigenvalue weighted by Crippen LogP contribution is 2.30. The number of pyridine rings is 1. The number of hydrogen-bond donors (Lipinski definition) is 0. The first-order valence-electron chi connectivity index (χ1n) is 10.2. The molecule has 3 aromatic heterocycles. The molecule has 0 unspecified atom stereocenters. The lowest BCUT2D eigenvalue weighted by atomic mass is 10.2. The molecule has 4 heterocycles. The van der Waals surface area contributed by atoms with Gasteiger partial charge >= 0.3 is 0 Å². The van der Waals surface area contributed by atoms with E-state index in [2.05, 4.69) is 56.4 Å². The van der Waals surface area contributed by atoms with Gasteiger partial charge in [-0.25, -0.2) is 4.98 Å². The van der Waals surface area contributed by atoms with Crippen molar-refractivity contribution >= 4 is 34.7 Å². The smallest absolute Gasteiger partial charge is 0.258 e. The van der Waals surface area contributed by atoms with Gasteiger partial charge in [0.25, 0.3) is 5.56 Å². The highest BCUT2D eigenvalue weighted by molar-refractivity contribution is 8.02. The van der Waals surface area contributed by atoms with Crippen LogP contribution in [0.2, 0.25) is 0 Å². The monoisotopic (exact) mass is 459 g/mol. The van der Waals surface area contributed by atoms with Gasteiger partial charge in [-0.05, 0) is 48.6 Å². The summed E-state index contributed by atoms with van der Waals surface area (Å²) in [5.41, 5.74) is 5.64. The molecule has 0 saturated heterocycles. The van der Waals surface area contributed by atoms with Crippen molar-refractivity contribution in [3.05, 3.63) is 99.2 Å². The SMILES string of the molecule is Cc1cccc(-n2c(SCc3cc(=O)n4cc(C)ccc4n3)nnc2C2=CC=CSC2)c1. The third-order valence-corrected chi connectivity index (χ3v) is 6.89. The molecule has 0 saturated carbocycles. The van der Waals surface area contributed by atoms with E-state index in [9.17, 15) is 4.79 Å². The maximum absolute atomic E-state index is 12.6. The molecule has 6 nitrogen and oxygen atoms in total. The van der Waals surface area contributed by atoms with Crippen LogP contribution in [-0.2, 0) is 5.75 Å². The number of aromatic nitrogens is 5. The van der Waals surface area contributed by atoms with Crippen molar-refractivity contribution in [2.24, 2.45) is 0 Å². The summed E-state index contributed by atoms with van der Waals surface area (Å²) in [5.74, 6) is 2.22. The number of allylic oxidation sites excluding steroid dienone is 2. The average Bonchev–Trinajstić information content (AvgIpc) is 3.23. The molecule has 0 atom stereocenters. The van der Waals surface area contributed by atoms with Crippen molar-refractivity contribution in [1.29, 1.82) is 0 Å². The molecule has 5 rings (SSSR count). The van der Waals surface area contributed by atoms with E-state index in [4.69, 9.17) is 0 Å². The minimum absolute atomic E-state index is 0.0775. The van der Waals surface area contributed by atoms with Gasteiger partial charge in [-0.3, -0.25) is 13.8 Å². The van der Waals surface area contributed by atoms with Crippen LogP contribution >= 0.6 is 23.5 Å². The third kappa shape index (κ3) is 4.16. The lowest BCUT2D eigenvalue weighted by Crippen LogP contribution is -2.15. The molecule has 0 fully saturated rings. The Bertz CT molecular complexity index is 1430. The van der Waals surface area contributed by atoms with E-state index >= 15 is 0 Å². The number of thioether (sulfide) groups is 2. The van der Waals surface area contributed by atoms with Crippen LogP contribution in [0, 0.1) is 13.8 Å². The van der Waals surface area contributed by atoms with Crippen molar-refractivity contribution in [3.8, 4) is 5.69 Å². The van der Waals surface area contributed by atoms with E-state index in [-0.39, 0.29) is 5.56 Å². The third-order valence-electron chi connectivity index (χ3n) is 5.10. The topological polar surface area (TPSA) is 65.1 Å². The predicted octanol–water partition coefficient (Wildman–Crippen LogP) is 4.83. The van der Waals surface area contributed by atoms with E-state index < -0.39 is 0 Å². The van der Waals surface area contributed by atoms with Crippen molar-refractivity contribution in [2.45, 2.75) is 24.8 Å². The summed E-state index contributed by atoms with van der Waals surface area (Å²) >= 11 is 3.28. The van der Waals surface area contributed by atoms with E-state index in [0.717, 1.165) is 39.3 Å². The van der Waals surface area contributed by atoms with Gasteiger partial charge in [0.05, 0.1) is 5.69 Å². The minimum atomic E-state index is -0.0775. The van der Waals surface area contributed by atoms with Crippen molar-refractivity contribution in [2.75, 3.05) is 5.75 Å². The molecule has 32 heavy (non-hydrogen) atoms. The van der Waals surface area contributed by atoms with Gasteiger partial charge in [-0.2, -0.15) is 0 Å². The van der Waals surface area contributed by atoms with Gasteiger partial charge in [0, 0.05) is 35.0 Å². The maximum Gasteiger partial charge on any atom is 0.258 e. The predicted molar refractivity (Wildman–Crippen MR) is 131 cm³/mol. The molecule has 0 bridgehead atoms. The number of hydrogen-bond acceptors (Lipinski definition) is 6. The fourth-order valence-corrected chi connectivity index (χ4v) is 5.11. The van der Waals surface area contributed by atoms with Crippen LogP contribution in [0.15, 0.2) is 76.2 Å². The van der Waals surface area contributed by atoms with E-state index in [0.29, 0.717) is 11.4 Å². The van der Waals surface area contributed by atoms with Gasteiger partial charge in [-0.15, -0.1) is 22.0 Å². The molecule has 0 amide bonds. The molecule has 0 radical (unpaired) electrons. The quantitative estimate of drug-likeness (QED) is 0.399. The van der Waals surface area contributed by atoms with Gasteiger partial charge in [0.2, 0.25) is 0 Å². The summed E-state index contributed by atoms with van der Waals surface area (Å²) in [7, 11) is 0. The van der Waals surface area contributed by atoms with Gasteiger partial charge in [0.15, 0.2) is 11.0 Å². The Kier molecular flexibility index (Phi) is 5.71. The molecular formula is C24H21N5OS2. The van der Waals surface area contributed by atoms with Crippen LogP contribution in [-0.4, -0.2) is 29.9 Å². The Morgan fingerprint density at radius 1 is 1.09 bits per heavy atom. The fraction of sp³-hybridized carbons (Fsp3) is 0.167. The first-order valence-corrected chi connectivity index (χ1v) is 12.2. The van der Waals surface area contributed by atoms with E-state index in [1.807, 2.05) is 37.4 Å². The Morgan fingerprint density at radius 3 is 2.81 bits per heavy atom. The van der Waals surface area contributed by atoms with Crippen molar-refractivity contribution < 1.29 is 0 Å². The number of benzene rings is 1. The Balaban J connectivity index is 1.51. The Labute approximate surface area is 194 Å². The van der Waals surface area contributed by atoms with Crippen LogP contribution in [0.5, 0.6) is 0 Å². The highest BCUT2D eigenvalue weighted by Gasteiger charge is 2.19. The molecule has 0 N–H and O–H groups in total. The first kappa shape index (κ1) is 20.8. The molecule has 160 valence electrons. The van der Waals surface area contributed by atoms with Gasteiger partial charge in [0.1, 0.15) is 5.65 Å². The molecule has 1 aliphatic heterocycles. The summed E-state index contributed by atoms with van der Waals surface area (Å²) in [5, 5.41) is 11.9. The number of aryl methyl sites for hydroxylation is 2. The second-order valence-electron chi connectivity index (χ2n) is 7.62. The van der Waals surface area contributed by atoms with Crippen LogP contribution in [0.1, 0.15) is 22.6 Å².